The summed E-state index contributed by atoms with van der Waals surface area (Å²) in [5.41, 5.74) is 1.62. The number of rotatable bonds is 3. The van der Waals surface area contributed by atoms with Crippen molar-refractivity contribution < 1.29 is 13.2 Å². The summed E-state index contributed by atoms with van der Waals surface area (Å²) in [4.78, 5) is 12.1. The van der Waals surface area contributed by atoms with Gasteiger partial charge in [-0.15, -0.1) is 0 Å². The van der Waals surface area contributed by atoms with Crippen molar-refractivity contribution in [3.8, 4) is 0 Å². The van der Waals surface area contributed by atoms with Gasteiger partial charge in [0.2, 0.25) is 0 Å². The molecule has 2 aromatic carbocycles. The van der Waals surface area contributed by atoms with Crippen molar-refractivity contribution in [1.82, 2.24) is 0 Å². The van der Waals surface area contributed by atoms with Crippen LogP contribution in [0.4, 0.5) is 0 Å². The van der Waals surface area contributed by atoms with Gasteiger partial charge in [0.05, 0.1) is 10.5 Å². The van der Waals surface area contributed by atoms with Gasteiger partial charge < -0.3 is 0 Å². The number of carbonyl (C=O) groups is 1. The van der Waals surface area contributed by atoms with Crippen LogP contribution in [0.1, 0.15) is 29.2 Å². The van der Waals surface area contributed by atoms with Gasteiger partial charge in [-0.1, -0.05) is 72.8 Å². The molecule has 0 N–H and O–H groups in total. The van der Waals surface area contributed by atoms with Crippen molar-refractivity contribution in [1.29, 1.82) is 0 Å². The Balaban J connectivity index is 1.91. The fourth-order valence-corrected chi connectivity index (χ4v) is 4.99. The molecule has 2 unspecified atom stereocenters. The Morgan fingerprint density at radius 3 is 2.13 bits per heavy atom. The SMILES string of the molecule is O=C1CC(/C=C/c2ccccc2)S(=O)(=O)C(c2ccccc2)C1. The Kier molecular flexibility index (Phi) is 4.44. The molecule has 3 nitrogen and oxygen atoms in total. The lowest BCUT2D eigenvalue weighted by Crippen LogP contribution is -2.34. The maximum atomic E-state index is 12.9. The van der Waals surface area contributed by atoms with E-state index in [4.69, 9.17) is 0 Å². The molecule has 4 heteroatoms. The molecule has 118 valence electrons. The average Bonchev–Trinajstić information content (AvgIpc) is 2.57. The van der Waals surface area contributed by atoms with Gasteiger partial charge in [-0.2, -0.15) is 0 Å². The van der Waals surface area contributed by atoms with E-state index in [1.54, 1.807) is 36.4 Å². The van der Waals surface area contributed by atoms with E-state index in [2.05, 4.69) is 0 Å². The van der Waals surface area contributed by atoms with Gasteiger partial charge in [-0.3, -0.25) is 4.79 Å². The third-order valence-electron chi connectivity index (χ3n) is 4.13. The van der Waals surface area contributed by atoms with Crippen LogP contribution in [0.15, 0.2) is 66.7 Å². The summed E-state index contributed by atoms with van der Waals surface area (Å²) < 4.78 is 25.8. The summed E-state index contributed by atoms with van der Waals surface area (Å²) >= 11 is 0. The second-order valence-electron chi connectivity index (χ2n) is 5.74. The molecule has 1 heterocycles. The monoisotopic (exact) mass is 326 g/mol. The van der Waals surface area contributed by atoms with E-state index in [9.17, 15) is 13.2 Å². The van der Waals surface area contributed by atoms with Crippen molar-refractivity contribution >= 4 is 21.7 Å². The zero-order valence-electron chi connectivity index (χ0n) is 12.6. The van der Waals surface area contributed by atoms with E-state index in [0.29, 0.717) is 5.56 Å². The molecule has 2 atom stereocenters. The highest BCUT2D eigenvalue weighted by Gasteiger charge is 2.40. The number of Topliss-reactive ketones (excluding diaryl/α,β-unsaturated/α-hetero) is 1. The first kappa shape index (κ1) is 15.7. The third-order valence-corrected chi connectivity index (χ3v) is 6.53. The molecule has 0 aliphatic carbocycles. The summed E-state index contributed by atoms with van der Waals surface area (Å²) in [7, 11) is -3.43. The number of hydrogen-bond donors (Lipinski definition) is 0. The molecule has 1 aliphatic heterocycles. The van der Waals surface area contributed by atoms with Crippen LogP contribution < -0.4 is 0 Å². The number of sulfone groups is 1. The number of carbonyl (C=O) groups excluding carboxylic acids is 1. The second kappa shape index (κ2) is 6.50. The Hall–Kier alpha value is -2.20. The quantitative estimate of drug-likeness (QED) is 0.866. The van der Waals surface area contributed by atoms with Gasteiger partial charge >= 0.3 is 0 Å². The Morgan fingerprint density at radius 2 is 1.48 bits per heavy atom. The van der Waals surface area contributed by atoms with Crippen molar-refractivity contribution in [2.75, 3.05) is 0 Å². The zero-order chi connectivity index (χ0) is 16.3. The predicted octanol–water partition coefficient (Wildman–Crippen LogP) is 3.59. The van der Waals surface area contributed by atoms with Crippen LogP contribution in [-0.2, 0) is 14.6 Å². The topological polar surface area (TPSA) is 51.2 Å². The minimum atomic E-state index is -3.43. The van der Waals surface area contributed by atoms with E-state index >= 15 is 0 Å². The molecule has 0 aromatic heterocycles. The Morgan fingerprint density at radius 1 is 0.870 bits per heavy atom. The molecule has 0 radical (unpaired) electrons. The predicted molar refractivity (Wildman–Crippen MR) is 91.6 cm³/mol. The Bertz CT molecular complexity index is 808. The lowest BCUT2D eigenvalue weighted by atomic mass is 10.0. The molecule has 0 spiro atoms. The van der Waals surface area contributed by atoms with Crippen LogP contribution in [0.25, 0.3) is 6.08 Å². The lowest BCUT2D eigenvalue weighted by Gasteiger charge is -2.27. The molecular weight excluding hydrogens is 308 g/mol. The van der Waals surface area contributed by atoms with Gasteiger partial charge in [0.15, 0.2) is 9.84 Å². The van der Waals surface area contributed by atoms with E-state index in [1.807, 2.05) is 36.4 Å². The lowest BCUT2D eigenvalue weighted by molar-refractivity contribution is -0.119. The van der Waals surface area contributed by atoms with Crippen molar-refractivity contribution in [2.45, 2.75) is 23.3 Å². The van der Waals surface area contributed by atoms with Crippen molar-refractivity contribution in [2.24, 2.45) is 0 Å². The van der Waals surface area contributed by atoms with Gasteiger partial charge in [-0.05, 0) is 11.1 Å². The van der Waals surface area contributed by atoms with Crippen LogP contribution in [-0.4, -0.2) is 19.5 Å². The van der Waals surface area contributed by atoms with Crippen molar-refractivity contribution in [3.63, 3.8) is 0 Å². The zero-order valence-corrected chi connectivity index (χ0v) is 13.4. The normalized spacial score (nSPS) is 23.9. The van der Waals surface area contributed by atoms with Crippen LogP contribution in [0, 0.1) is 0 Å². The van der Waals surface area contributed by atoms with Crippen molar-refractivity contribution in [3.05, 3.63) is 77.9 Å². The first-order valence-electron chi connectivity index (χ1n) is 7.60. The third kappa shape index (κ3) is 3.42. The highest BCUT2D eigenvalue weighted by atomic mass is 32.2. The molecule has 3 rings (SSSR count). The first-order valence-corrected chi connectivity index (χ1v) is 9.21. The molecule has 23 heavy (non-hydrogen) atoms. The minimum absolute atomic E-state index is 0.00334. The molecule has 1 aliphatic rings. The highest BCUT2D eigenvalue weighted by molar-refractivity contribution is 7.92. The van der Waals surface area contributed by atoms with Gasteiger partial charge in [0.1, 0.15) is 5.78 Å². The fourth-order valence-electron chi connectivity index (χ4n) is 2.89. The van der Waals surface area contributed by atoms with E-state index in [0.717, 1.165) is 5.56 Å². The maximum absolute atomic E-state index is 12.9. The van der Waals surface area contributed by atoms with Gasteiger partial charge in [0, 0.05) is 12.8 Å². The van der Waals surface area contributed by atoms with Crippen LogP contribution in [0.5, 0.6) is 0 Å². The summed E-state index contributed by atoms with van der Waals surface area (Å²) in [5, 5.41) is -1.50. The highest BCUT2D eigenvalue weighted by Crippen LogP contribution is 2.36. The molecule has 0 saturated carbocycles. The Labute approximate surface area is 136 Å². The molecule has 1 fully saturated rings. The number of ketones is 1. The molecule has 0 bridgehead atoms. The van der Waals surface area contributed by atoms with Crippen LogP contribution in [0.3, 0.4) is 0 Å². The number of hydrogen-bond acceptors (Lipinski definition) is 3. The average molecular weight is 326 g/mol. The van der Waals surface area contributed by atoms with Gasteiger partial charge in [-0.25, -0.2) is 8.42 Å². The smallest absolute Gasteiger partial charge is 0.164 e. The molecule has 0 amide bonds. The van der Waals surface area contributed by atoms with Gasteiger partial charge in [0.25, 0.3) is 0 Å². The van der Waals surface area contributed by atoms with E-state index in [-0.39, 0.29) is 18.6 Å². The molecular formula is C19H18O3S. The molecule has 1 saturated heterocycles. The van der Waals surface area contributed by atoms with Crippen LogP contribution >= 0.6 is 0 Å². The fraction of sp³-hybridized carbons (Fsp3) is 0.211. The standard InChI is InChI=1S/C19H18O3S/c20-17-13-18(12-11-15-7-3-1-4-8-15)23(21,22)19(14-17)16-9-5-2-6-10-16/h1-12,18-19H,13-14H2/b12-11+. The second-order valence-corrected chi connectivity index (χ2v) is 8.10. The number of benzene rings is 2. The largest absolute Gasteiger partial charge is 0.300 e. The van der Waals surface area contributed by atoms with Crippen LogP contribution in [0.2, 0.25) is 0 Å². The first-order chi connectivity index (χ1) is 11.1. The van der Waals surface area contributed by atoms with E-state index in [1.165, 1.54) is 0 Å². The maximum Gasteiger partial charge on any atom is 0.164 e. The summed E-state index contributed by atoms with van der Waals surface area (Å²) in [6.45, 7) is 0. The summed E-state index contributed by atoms with van der Waals surface area (Å²) in [6.07, 6.45) is 3.57. The molecule has 2 aromatic rings. The summed E-state index contributed by atoms with van der Waals surface area (Å²) in [5.74, 6) is -0.00334. The summed E-state index contributed by atoms with van der Waals surface area (Å²) in [6, 6.07) is 18.5. The minimum Gasteiger partial charge on any atom is -0.300 e. The van der Waals surface area contributed by atoms with E-state index < -0.39 is 20.3 Å².